The summed E-state index contributed by atoms with van der Waals surface area (Å²) in [5.41, 5.74) is 2.53. The molecular weight excluding hydrogens is 588 g/mol. The van der Waals surface area contributed by atoms with Gasteiger partial charge in [0.2, 0.25) is 0 Å². The summed E-state index contributed by atoms with van der Waals surface area (Å²) in [5.74, 6) is 4.18. The maximum Gasteiger partial charge on any atom is 0.119 e. The molecule has 0 heterocycles. The highest BCUT2D eigenvalue weighted by Crippen LogP contribution is 2.65. The predicted molar refractivity (Wildman–Crippen MR) is 175 cm³/mol. The van der Waals surface area contributed by atoms with E-state index in [2.05, 4.69) is 24.3 Å². The Morgan fingerprint density at radius 3 is 1.24 bits per heavy atom. The average molecular weight is 643 g/mol. The Balaban J connectivity index is 1.28. The summed E-state index contributed by atoms with van der Waals surface area (Å²) in [6, 6.07) is 16.9. The maximum atomic E-state index is 10.5. The first-order valence-electron chi connectivity index (χ1n) is 17.1. The highest BCUT2D eigenvalue weighted by Gasteiger charge is 2.58. The van der Waals surface area contributed by atoms with Crippen molar-refractivity contribution in [3.63, 3.8) is 0 Å². The minimum Gasteiger partial charge on any atom is -0.491 e. The lowest BCUT2D eigenvalue weighted by Crippen LogP contribution is -2.56. The molecule has 46 heavy (non-hydrogen) atoms. The van der Waals surface area contributed by atoms with E-state index in [0.29, 0.717) is 62.6 Å². The molecule has 4 aliphatic carbocycles. The van der Waals surface area contributed by atoms with Gasteiger partial charge >= 0.3 is 0 Å². The minimum atomic E-state index is -0.740. The largest absolute Gasteiger partial charge is 0.491 e. The molecule has 4 saturated carbocycles. The second-order valence-electron chi connectivity index (χ2n) is 13.6. The van der Waals surface area contributed by atoms with Gasteiger partial charge in [0.05, 0.1) is 26.4 Å². The summed E-state index contributed by atoms with van der Waals surface area (Å²) < 4.78 is 11.9. The quantitative estimate of drug-likeness (QED) is 0.126. The summed E-state index contributed by atoms with van der Waals surface area (Å²) in [6.07, 6.45) is 4.88. The molecule has 10 nitrogen and oxygen atoms in total. The molecule has 6 N–H and O–H groups in total. The molecule has 2 aromatic carbocycles. The van der Waals surface area contributed by atoms with Crippen LogP contribution in [-0.4, -0.2) is 132 Å². The van der Waals surface area contributed by atoms with E-state index >= 15 is 0 Å². The van der Waals surface area contributed by atoms with Crippen LogP contribution >= 0.6 is 0 Å². The van der Waals surface area contributed by atoms with Gasteiger partial charge < -0.3 is 40.1 Å². The predicted octanol–water partition coefficient (Wildman–Crippen LogP) is 1.48. The molecule has 0 spiro atoms. The topological polar surface area (TPSA) is 146 Å². The van der Waals surface area contributed by atoms with E-state index in [1.165, 1.54) is 43.2 Å². The van der Waals surface area contributed by atoms with Gasteiger partial charge in [-0.1, -0.05) is 24.3 Å². The SMILES string of the molecule is OCCN(CCO)CC(O)COc1ccc(C2(c3ccc(OCC(O)CN(CCO)CCO)cc3)C3CC4CC(C3)CC2C4)cc1. The number of aliphatic hydroxyl groups excluding tert-OH is 6. The van der Waals surface area contributed by atoms with Gasteiger partial charge in [0, 0.05) is 44.7 Å². The first-order chi connectivity index (χ1) is 22.4. The minimum absolute atomic E-state index is 0.0315. The normalized spacial score (nSPS) is 26.5. The smallest absolute Gasteiger partial charge is 0.119 e. The fraction of sp³-hybridized carbons (Fsp3) is 0.667. The van der Waals surface area contributed by atoms with Gasteiger partial charge in [0.1, 0.15) is 36.9 Å². The summed E-state index contributed by atoms with van der Waals surface area (Å²) >= 11 is 0. The third kappa shape index (κ3) is 8.22. The zero-order valence-electron chi connectivity index (χ0n) is 27.0. The third-order valence-corrected chi connectivity index (χ3v) is 10.6. The van der Waals surface area contributed by atoms with Crippen LogP contribution in [0.5, 0.6) is 11.5 Å². The number of hydrogen-bond acceptors (Lipinski definition) is 10. The fourth-order valence-electron chi connectivity index (χ4n) is 8.93. The molecule has 0 saturated heterocycles. The Kier molecular flexibility index (Phi) is 12.7. The van der Waals surface area contributed by atoms with Gasteiger partial charge in [-0.25, -0.2) is 0 Å². The maximum absolute atomic E-state index is 10.5. The zero-order valence-corrected chi connectivity index (χ0v) is 27.0. The molecule has 0 amide bonds. The molecule has 2 unspecified atom stereocenters. The van der Waals surface area contributed by atoms with Gasteiger partial charge in [-0.15, -0.1) is 0 Å². The van der Waals surface area contributed by atoms with Crippen molar-refractivity contribution in [2.75, 3.05) is 78.9 Å². The summed E-state index contributed by atoms with van der Waals surface area (Å²) in [5, 5.41) is 58.0. The Hall–Kier alpha value is -2.28. The lowest BCUT2D eigenvalue weighted by atomic mass is 9.42. The molecule has 4 aliphatic rings. The molecule has 6 rings (SSSR count). The van der Waals surface area contributed by atoms with Crippen LogP contribution in [0, 0.1) is 23.7 Å². The van der Waals surface area contributed by atoms with Gasteiger partial charge in [0.25, 0.3) is 0 Å². The van der Waals surface area contributed by atoms with Gasteiger partial charge in [-0.05, 0) is 91.2 Å². The van der Waals surface area contributed by atoms with E-state index in [1.54, 1.807) is 0 Å². The van der Waals surface area contributed by atoms with Crippen LogP contribution in [0.4, 0.5) is 0 Å². The fourth-order valence-corrected chi connectivity index (χ4v) is 8.93. The molecule has 0 radical (unpaired) electrons. The molecule has 2 aromatic rings. The Bertz CT molecular complexity index is 1070. The molecular formula is C36H54N2O8. The van der Waals surface area contributed by atoms with Crippen LogP contribution < -0.4 is 9.47 Å². The third-order valence-electron chi connectivity index (χ3n) is 10.6. The van der Waals surface area contributed by atoms with Crippen molar-refractivity contribution in [2.45, 2.75) is 49.7 Å². The highest BCUT2D eigenvalue weighted by atomic mass is 16.5. The van der Waals surface area contributed by atoms with E-state index in [1.807, 2.05) is 34.1 Å². The number of ether oxygens (including phenoxy) is 2. The molecule has 10 heteroatoms. The number of nitrogens with zero attached hydrogens (tertiary/aromatic N) is 2. The lowest BCUT2D eigenvalue weighted by Gasteiger charge is -2.62. The Labute approximate surface area is 273 Å². The van der Waals surface area contributed by atoms with Crippen LogP contribution in [0.2, 0.25) is 0 Å². The first kappa shape index (κ1) is 35.0. The van der Waals surface area contributed by atoms with Crippen LogP contribution in [0.25, 0.3) is 0 Å². The second-order valence-corrected chi connectivity index (χ2v) is 13.6. The summed E-state index contributed by atoms with van der Waals surface area (Å²) in [7, 11) is 0. The zero-order chi connectivity index (χ0) is 32.5. The molecule has 4 bridgehead atoms. The second kappa shape index (κ2) is 16.7. The molecule has 0 aliphatic heterocycles. The van der Waals surface area contributed by atoms with E-state index < -0.39 is 12.2 Å². The Morgan fingerprint density at radius 1 is 0.565 bits per heavy atom. The number of benzene rings is 2. The van der Waals surface area contributed by atoms with Crippen molar-refractivity contribution >= 4 is 0 Å². The number of rotatable bonds is 20. The highest BCUT2D eigenvalue weighted by molar-refractivity contribution is 5.47. The van der Waals surface area contributed by atoms with Gasteiger partial charge in [0.15, 0.2) is 0 Å². The van der Waals surface area contributed by atoms with Crippen molar-refractivity contribution in [2.24, 2.45) is 23.7 Å². The standard InChI is InChI=1S/C36H54N2O8/c39-13-9-37(10-14-40)22-32(43)24-45-34-5-1-28(2-6-34)36(30-18-26-17-27(20-30)21-31(36)19-26)29-3-7-35(8-4-29)46-25-33(44)23-38(11-15-41)12-16-42/h1-8,26-27,30-33,39-44H,9-25H2. The van der Waals surface area contributed by atoms with Gasteiger partial charge in [-0.2, -0.15) is 0 Å². The van der Waals surface area contributed by atoms with Crippen LogP contribution in [0.1, 0.15) is 43.2 Å². The lowest BCUT2D eigenvalue weighted by molar-refractivity contribution is -0.0418. The average Bonchev–Trinajstić information content (AvgIpc) is 3.04. The van der Waals surface area contributed by atoms with Crippen molar-refractivity contribution in [3.05, 3.63) is 59.7 Å². The van der Waals surface area contributed by atoms with E-state index in [4.69, 9.17) is 9.47 Å². The molecule has 256 valence electrons. The van der Waals surface area contributed by atoms with Crippen molar-refractivity contribution in [3.8, 4) is 11.5 Å². The summed E-state index contributed by atoms with van der Waals surface area (Å²) in [6.45, 7) is 2.33. The molecule has 0 aromatic heterocycles. The number of hydrogen-bond donors (Lipinski definition) is 6. The Morgan fingerprint density at radius 2 is 0.913 bits per heavy atom. The van der Waals surface area contributed by atoms with E-state index in [9.17, 15) is 30.6 Å². The van der Waals surface area contributed by atoms with E-state index in [-0.39, 0.29) is 45.1 Å². The molecule has 4 fully saturated rings. The van der Waals surface area contributed by atoms with Crippen LogP contribution in [-0.2, 0) is 5.41 Å². The van der Waals surface area contributed by atoms with Crippen LogP contribution in [0.3, 0.4) is 0 Å². The first-order valence-corrected chi connectivity index (χ1v) is 17.1. The van der Waals surface area contributed by atoms with Crippen molar-refractivity contribution in [1.29, 1.82) is 0 Å². The summed E-state index contributed by atoms with van der Waals surface area (Å²) in [4.78, 5) is 3.63. The van der Waals surface area contributed by atoms with Crippen molar-refractivity contribution in [1.82, 2.24) is 9.80 Å². The van der Waals surface area contributed by atoms with Crippen LogP contribution in [0.15, 0.2) is 48.5 Å². The van der Waals surface area contributed by atoms with E-state index in [0.717, 1.165) is 11.8 Å². The molecule has 2 atom stereocenters. The van der Waals surface area contributed by atoms with Crippen molar-refractivity contribution < 1.29 is 40.1 Å². The van der Waals surface area contributed by atoms with Gasteiger partial charge in [-0.3, -0.25) is 9.80 Å². The number of aliphatic hydroxyl groups is 6. The monoisotopic (exact) mass is 642 g/mol.